The SMILES string of the molecule is CSc1csc2c(C)cccc12. The number of thioether (sulfide) groups is 1. The highest BCUT2D eigenvalue weighted by atomic mass is 32.2. The van der Waals surface area contributed by atoms with Gasteiger partial charge < -0.3 is 0 Å². The fraction of sp³-hybridized carbons (Fsp3) is 0.200. The smallest absolute Gasteiger partial charge is 0.0383 e. The Morgan fingerprint density at radius 2 is 2.17 bits per heavy atom. The monoisotopic (exact) mass is 194 g/mol. The van der Waals surface area contributed by atoms with Crippen LogP contribution < -0.4 is 0 Å². The van der Waals surface area contributed by atoms with Crippen molar-refractivity contribution in [2.75, 3.05) is 6.26 Å². The van der Waals surface area contributed by atoms with Gasteiger partial charge in [0.05, 0.1) is 0 Å². The van der Waals surface area contributed by atoms with E-state index >= 15 is 0 Å². The third-order valence-electron chi connectivity index (χ3n) is 1.98. The summed E-state index contributed by atoms with van der Waals surface area (Å²) in [6.45, 7) is 2.17. The van der Waals surface area contributed by atoms with Gasteiger partial charge in [0.1, 0.15) is 0 Å². The largest absolute Gasteiger partial charge is 0.142 e. The second-order valence-corrected chi connectivity index (χ2v) is 4.48. The molecule has 0 atom stereocenters. The average molecular weight is 194 g/mol. The summed E-state index contributed by atoms with van der Waals surface area (Å²) < 4.78 is 1.43. The normalized spacial score (nSPS) is 10.8. The topological polar surface area (TPSA) is 0 Å². The first kappa shape index (κ1) is 8.14. The number of aryl methyl sites for hydroxylation is 1. The maximum atomic E-state index is 2.24. The van der Waals surface area contributed by atoms with Crippen LogP contribution in [0.25, 0.3) is 10.1 Å². The molecule has 0 spiro atoms. The van der Waals surface area contributed by atoms with E-state index in [0.29, 0.717) is 0 Å². The summed E-state index contributed by atoms with van der Waals surface area (Å²) >= 11 is 3.67. The maximum Gasteiger partial charge on any atom is 0.0383 e. The van der Waals surface area contributed by atoms with Crippen molar-refractivity contribution in [2.45, 2.75) is 11.8 Å². The van der Waals surface area contributed by atoms with Crippen LogP contribution in [-0.4, -0.2) is 6.26 Å². The van der Waals surface area contributed by atoms with E-state index in [9.17, 15) is 0 Å². The van der Waals surface area contributed by atoms with E-state index in [1.54, 1.807) is 0 Å². The van der Waals surface area contributed by atoms with Gasteiger partial charge in [-0.3, -0.25) is 0 Å². The highest BCUT2D eigenvalue weighted by Gasteiger charge is 2.03. The lowest BCUT2D eigenvalue weighted by molar-refractivity contribution is 1.54. The van der Waals surface area contributed by atoms with E-state index in [-0.39, 0.29) is 0 Å². The predicted molar refractivity (Wildman–Crippen MR) is 58.3 cm³/mol. The summed E-state index contributed by atoms with van der Waals surface area (Å²) in [6.07, 6.45) is 2.13. The van der Waals surface area contributed by atoms with Crippen molar-refractivity contribution in [2.24, 2.45) is 0 Å². The molecule has 0 amide bonds. The van der Waals surface area contributed by atoms with Crippen molar-refractivity contribution >= 4 is 33.2 Å². The van der Waals surface area contributed by atoms with E-state index in [1.807, 2.05) is 23.1 Å². The van der Waals surface area contributed by atoms with Gasteiger partial charge in [0, 0.05) is 20.4 Å². The first-order valence-electron chi connectivity index (χ1n) is 3.83. The molecule has 0 saturated heterocycles. The molecule has 1 heterocycles. The Morgan fingerprint density at radius 1 is 1.33 bits per heavy atom. The van der Waals surface area contributed by atoms with Crippen LogP contribution in [-0.2, 0) is 0 Å². The molecule has 0 fully saturated rings. The van der Waals surface area contributed by atoms with Crippen molar-refractivity contribution in [3.63, 3.8) is 0 Å². The molecule has 0 unspecified atom stereocenters. The van der Waals surface area contributed by atoms with Gasteiger partial charge in [-0.05, 0) is 18.7 Å². The Kier molecular flexibility index (Phi) is 2.11. The Labute approximate surface area is 80.6 Å². The van der Waals surface area contributed by atoms with Gasteiger partial charge in [-0.2, -0.15) is 0 Å². The van der Waals surface area contributed by atoms with E-state index in [2.05, 4.69) is 36.8 Å². The maximum absolute atomic E-state index is 2.24. The molecule has 0 nitrogen and oxygen atoms in total. The average Bonchev–Trinajstić information content (AvgIpc) is 2.49. The lowest BCUT2D eigenvalue weighted by atomic mass is 10.2. The fourth-order valence-electron chi connectivity index (χ4n) is 1.34. The van der Waals surface area contributed by atoms with Crippen molar-refractivity contribution < 1.29 is 0 Å². The Balaban J connectivity index is 2.80. The number of hydrogen-bond donors (Lipinski definition) is 0. The molecule has 0 aliphatic carbocycles. The number of rotatable bonds is 1. The van der Waals surface area contributed by atoms with Crippen LogP contribution in [0.3, 0.4) is 0 Å². The second kappa shape index (κ2) is 3.11. The Bertz CT molecular complexity index is 401. The van der Waals surface area contributed by atoms with Crippen LogP contribution in [0.5, 0.6) is 0 Å². The molecule has 2 rings (SSSR count). The molecule has 0 radical (unpaired) electrons. The van der Waals surface area contributed by atoms with E-state index < -0.39 is 0 Å². The summed E-state index contributed by atoms with van der Waals surface area (Å²) in [7, 11) is 0. The van der Waals surface area contributed by atoms with Crippen molar-refractivity contribution in [1.29, 1.82) is 0 Å². The molecule has 62 valence electrons. The van der Waals surface area contributed by atoms with Crippen molar-refractivity contribution in [3.8, 4) is 0 Å². The van der Waals surface area contributed by atoms with Crippen LogP contribution >= 0.6 is 23.1 Å². The van der Waals surface area contributed by atoms with Gasteiger partial charge in [0.2, 0.25) is 0 Å². The second-order valence-electron chi connectivity index (χ2n) is 2.76. The minimum absolute atomic E-state index is 1.39. The molecular formula is C10H10S2. The van der Waals surface area contributed by atoms with Crippen molar-refractivity contribution in [3.05, 3.63) is 29.1 Å². The summed E-state index contributed by atoms with van der Waals surface area (Å²) in [6, 6.07) is 6.50. The van der Waals surface area contributed by atoms with Crippen LogP contribution in [0.1, 0.15) is 5.56 Å². The minimum Gasteiger partial charge on any atom is -0.142 e. The molecule has 0 saturated carbocycles. The fourth-order valence-corrected chi connectivity index (χ4v) is 3.23. The van der Waals surface area contributed by atoms with E-state index in [0.717, 1.165) is 0 Å². The zero-order chi connectivity index (χ0) is 8.55. The summed E-state index contributed by atoms with van der Waals surface area (Å²) in [5.74, 6) is 0. The summed E-state index contributed by atoms with van der Waals surface area (Å²) in [5.41, 5.74) is 1.39. The van der Waals surface area contributed by atoms with Gasteiger partial charge in [0.25, 0.3) is 0 Å². The Hall–Kier alpha value is -0.470. The quantitative estimate of drug-likeness (QED) is 0.620. The molecule has 0 aliphatic heterocycles. The van der Waals surface area contributed by atoms with E-state index in [4.69, 9.17) is 0 Å². The molecule has 0 bridgehead atoms. The molecule has 2 heteroatoms. The molecule has 12 heavy (non-hydrogen) atoms. The Morgan fingerprint density at radius 3 is 2.92 bits per heavy atom. The highest BCUT2D eigenvalue weighted by Crippen LogP contribution is 2.33. The molecule has 1 aromatic heterocycles. The number of benzene rings is 1. The standard InChI is InChI=1S/C10H10S2/c1-7-4-3-5-8-9(11-2)6-12-10(7)8/h3-6H,1-2H3. The molecule has 0 N–H and O–H groups in total. The molecule has 0 aliphatic rings. The van der Waals surface area contributed by atoms with Gasteiger partial charge in [-0.25, -0.2) is 0 Å². The number of fused-ring (bicyclic) bond motifs is 1. The molecular weight excluding hydrogens is 184 g/mol. The van der Waals surface area contributed by atoms with Gasteiger partial charge in [-0.1, -0.05) is 18.2 Å². The summed E-state index contributed by atoms with van der Waals surface area (Å²) in [4.78, 5) is 1.40. The lowest BCUT2D eigenvalue weighted by Crippen LogP contribution is -1.71. The van der Waals surface area contributed by atoms with Crippen LogP contribution in [0.4, 0.5) is 0 Å². The van der Waals surface area contributed by atoms with Crippen LogP contribution in [0.15, 0.2) is 28.5 Å². The van der Waals surface area contributed by atoms with E-state index in [1.165, 1.54) is 20.5 Å². The zero-order valence-electron chi connectivity index (χ0n) is 7.13. The summed E-state index contributed by atoms with van der Waals surface area (Å²) in [5, 5.41) is 3.65. The van der Waals surface area contributed by atoms with Crippen LogP contribution in [0, 0.1) is 6.92 Å². The number of hydrogen-bond acceptors (Lipinski definition) is 2. The zero-order valence-corrected chi connectivity index (χ0v) is 8.76. The third-order valence-corrected chi connectivity index (χ3v) is 4.04. The third kappa shape index (κ3) is 1.15. The lowest BCUT2D eigenvalue weighted by Gasteiger charge is -1.95. The molecule has 2 aromatic rings. The first-order chi connectivity index (χ1) is 5.83. The number of thiophene rings is 1. The first-order valence-corrected chi connectivity index (χ1v) is 5.94. The van der Waals surface area contributed by atoms with Crippen molar-refractivity contribution in [1.82, 2.24) is 0 Å². The highest BCUT2D eigenvalue weighted by molar-refractivity contribution is 7.99. The minimum atomic E-state index is 1.39. The molecule has 1 aromatic carbocycles. The van der Waals surface area contributed by atoms with Gasteiger partial charge >= 0.3 is 0 Å². The van der Waals surface area contributed by atoms with Crippen LogP contribution in [0.2, 0.25) is 0 Å². The van der Waals surface area contributed by atoms with Gasteiger partial charge in [0.15, 0.2) is 0 Å². The predicted octanol–water partition coefficient (Wildman–Crippen LogP) is 3.93. The van der Waals surface area contributed by atoms with Gasteiger partial charge in [-0.15, -0.1) is 23.1 Å².